The van der Waals surface area contributed by atoms with Gasteiger partial charge in [-0.15, -0.1) is 24.8 Å². The third-order valence-electron chi connectivity index (χ3n) is 5.62. The molecule has 2 saturated heterocycles. The van der Waals surface area contributed by atoms with Crippen LogP contribution in [-0.4, -0.2) is 61.8 Å². The first-order chi connectivity index (χ1) is 10.8. The van der Waals surface area contributed by atoms with Crippen LogP contribution in [0.4, 0.5) is 0 Å². The summed E-state index contributed by atoms with van der Waals surface area (Å²) in [6.45, 7) is 13.7. The van der Waals surface area contributed by atoms with Crippen LogP contribution in [-0.2, 0) is 9.53 Å². The zero-order valence-electron chi connectivity index (χ0n) is 16.4. The van der Waals surface area contributed by atoms with E-state index in [1.165, 1.54) is 6.42 Å². The van der Waals surface area contributed by atoms with E-state index in [0.29, 0.717) is 6.54 Å². The van der Waals surface area contributed by atoms with Gasteiger partial charge in [0, 0.05) is 32.3 Å². The number of hydrogen-bond donors (Lipinski definition) is 2. The minimum absolute atomic E-state index is 0. The van der Waals surface area contributed by atoms with Crippen molar-refractivity contribution >= 4 is 30.7 Å². The quantitative estimate of drug-likeness (QED) is 0.747. The van der Waals surface area contributed by atoms with Crippen LogP contribution in [0.1, 0.15) is 47.0 Å². The molecule has 0 aliphatic carbocycles. The minimum Gasteiger partial charge on any atom is -0.368 e. The van der Waals surface area contributed by atoms with E-state index in [1.54, 1.807) is 7.11 Å². The number of piperidine rings is 2. The lowest BCUT2D eigenvalue weighted by Crippen LogP contribution is -2.60. The van der Waals surface area contributed by atoms with Crippen LogP contribution in [0.15, 0.2) is 0 Å². The topological polar surface area (TPSA) is 53.6 Å². The SMILES string of the molecule is COC1(C(=O)NCC(C)(C)N2CC(C)CC(C)C2)CCNCC1.Cl.Cl. The number of rotatable bonds is 5. The molecule has 2 N–H and O–H groups in total. The van der Waals surface area contributed by atoms with Gasteiger partial charge in [0.1, 0.15) is 5.60 Å². The number of methoxy groups -OCH3 is 1. The van der Waals surface area contributed by atoms with Crippen LogP contribution in [0, 0.1) is 11.8 Å². The Bertz CT molecular complexity index is 405. The maximum Gasteiger partial charge on any atom is 0.252 e. The normalized spacial score (nSPS) is 26.9. The molecule has 7 heteroatoms. The molecule has 2 aliphatic heterocycles. The van der Waals surface area contributed by atoms with E-state index in [0.717, 1.165) is 50.9 Å². The molecule has 2 fully saturated rings. The van der Waals surface area contributed by atoms with Crippen molar-refractivity contribution in [3.05, 3.63) is 0 Å². The van der Waals surface area contributed by atoms with Crippen molar-refractivity contribution < 1.29 is 9.53 Å². The molecule has 1 amide bonds. The highest BCUT2D eigenvalue weighted by atomic mass is 35.5. The molecule has 2 rings (SSSR count). The first kappa shape index (κ1) is 24.9. The van der Waals surface area contributed by atoms with Crippen LogP contribution in [0.2, 0.25) is 0 Å². The summed E-state index contributed by atoms with van der Waals surface area (Å²) < 4.78 is 5.62. The van der Waals surface area contributed by atoms with E-state index >= 15 is 0 Å². The molecule has 0 aromatic heterocycles. The zero-order valence-corrected chi connectivity index (χ0v) is 18.0. The number of hydrogen-bond acceptors (Lipinski definition) is 4. The Morgan fingerprint density at radius 2 is 1.72 bits per heavy atom. The van der Waals surface area contributed by atoms with E-state index in [9.17, 15) is 4.79 Å². The minimum atomic E-state index is -0.649. The summed E-state index contributed by atoms with van der Waals surface area (Å²) in [5.74, 6) is 1.50. The molecule has 0 saturated carbocycles. The van der Waals surface area contributed by atoms with Crippen LogP contribution in [0.3, 0.4) is 0 Å². The average Bonchev–Trinajstić information content (AvgIpc) is 2.52. The van der Waals surface area contributed by atoms with Gasteiger partial charge in [0.2, 0.25) is 0 Å². The molecule has 0 spiro atoms. The van der Waals surface area contributed by atoms with E-state index in [4.69, 9.17) is 4.74 Å². The molecule has 0 aromatic carbocycles. The third-order valence-corrected chi connectivity index (χ3v) is 5.62. The second-order valence-electron chi connectivity index (χ2n) is 8.29. The Kier molecular flexibility index (Phi) is 10.3. The summed E-state index contributed by atoms with van der Waals surface area (Å²) in [6.07, 6.45) is 2.79. The highest BCUT2D eigenvalue weighted by molar-refractivity contribution is 5.86. The summed E-state index contributed by atoms with van der Waals surface area (Å²) in [6, 6.07) is 0. The summed E-state index contributed by atoms with van der Waals surface area (Å²) in [5.41, 5.74) is -0.676. The van der Waals surface area contributed by atoms with E-state index in [1.807, 2.05) is 0 Å². The lowest BCUT2D eigenvalue weighted by atomic mass is 9.87. The van der Waals surface area contributed by atoms with Gasteiger partial charge in [-0.25, -0.2) is 0 Å². The first-order valence-electron chi connectivity index (χ1n) is 9.08. The number of ether oxygens (including phenoxy) is 1. The van der Waals surface area contributed by atoms with Gasteiger partial charge >= 0.3 is 0 Å². The van der Waals surface area contributed by atoms with Gasteiger partial charge in [0.05, 0.1) is 0 Å². The van der Waals surface area contributed by atoms with E-state index < -0.39 is 5.60 Å². The second-order valence-corrected chi connectivity index (χ2v) is 8.29. The molecule has 0 bridgehead atoms. The predicted octanol–water partition coefficient (Wildman–Crippen LogP) is 2.47. The van der Waals surface area contributed by atoms with Gasteiger partial charge in [-0.05, 0) is 58.0 Å². The maximum atomic E-state index is 12.7. The van der Waals surface area contributed by atoms with Crippen molar-refractivity contribution in [3.63, 3.8) is 0 Å². The molecule has 150 valence electrons. The van der Waals surface area contributed by atoms with Crippen LogP contribution in [0.25, 0.3) is 0 Å². The molecule has 2 aliphatic rings. The van der Waals surface area contributed by atoms with Gasteiger partial charge in [-0.3, -0.25) is 9.69 Å². The number of nitrogens with one attached hydrogen (secondary N) is 2. The zero-order chi connectivity index (χ0) is 17.1. The molecule has 0 aromatic rings. The largest absolute Gasteiger partial charge is 0.368 e. The number of amides is 1. The predicted molar refractivity (Wildman–Crippen MR) is 108 cm³/mol. The molecular weight excluding hydrogens is 361 g/mol. The van der Waals surface area contributed by atoms with Crippen molar-refractivity contribution in [2.45, 2.75) is 58.1 Å². The molecule has 2 unspecified atom stereocenters. The fourth-order valence-corrected chi connectivity index (χ4v) is 4.08. The molecule has 25 heavy (non-hydrogen) atoms. The monoisotopic (exact) mass is 397 g/mol. The van der Waals surface area contributed by atoms with Gasteiger partial charge in [-0.2, -0.15) is 0 Å². The Morgan fingerprint density at radius 3 is 2.20 bits per heavy atom. The van der Waals surface area contributed by atoms with Crippen molar-refractivity contribution in [2.75, 3.05) is 39.8 Å². The van der Waals surface area contributed by atoms with Crippen molar-refractivity contribution in [1.29, 1.82) is 0 Å². The van der Waals surface area contributed by atoms with Crippen LogP contribution < -0.4 is 10.6 Å². The lowest BCUT2D eigenvalue weighted by Gasteiger charge is -2.45. The third kappa shape index (κ3) is 6.24. The second kappa shape index (κ2) is 10.3. The standard InChI is InChI=1S/C18H35N3O2.2ClH/c1-14-10-15(2)12-21(11-14)17(3,4)13-20-16(22)18(23-5)6-8-19-9-7-18;;/h14-15,19H,6-13H2,1-5H3,(H,20,22);2*1H. The van der Waals surface area contributed by atoms with Crippen LogP contribution in [0.5, 0.6) is 0 Å². The fraction of sp³-hybridized carbons (Fsp3) is 0.944. The Balaban J connectivity index is 0.00000288. The lowest BCUT2D eigenvalue weighted by molar-refractivity contribution is -0.147. The number of likely N-dealkylation sites (tertiary alicyclic amines) is 1. The number of nitrogens with zero attached hydrogens (tertiary/aromatic N) is 1. The van der Waals surface area contributed by atoms with Gasteiger partial charge < -0.3 is 15.4 Å². The molecular formula is C18H37Cl2N3O2. The summed E-state index contributed by atoms with van der Waals surface area (Å²) in [7, 11) is 1.66. The van der Waals surface area contributed by atoms with E-state index in [-0.39, 0.29) is 36.3 Å². The van der Waals surface area contributed by atoms with Crippen molar-refractivity contribution in [2.24, 2.45) is 11.8 Å². The van der Waals surface area contributed by atoms with E-state index in [2.05, 4.69) is 43.2 Å². The first-order valence-corrected chi connectivity index (χ1v) is 9.08. The van der Waals surface area contributed by atoms with Crippen molar-refractivity contribution in [3.8, 4) is 0 Å². The molecule has 0 radical (unpaired) electrons. The summed E-state index contributed by atoms with van der Waals surface area (Å²) >= 11 is 0. The number of carbonyl (C=O) groups excluding carboxylic acids is 1. The maximum absolute atomic E-state index is 12.7. The van der Waals surface area contributed by atoms with Gasteiger partial charge in [0.15, 0.2) is 0 Å². The molecule has 2 heterocycles. The Hall–Kier alpha value is -0.0700. The van der Waals surface area contributed by atoms with Gasteiger partial charge in [0.25, 0.3) is 5.91 Å². The highest BCUT2D eigenvalue weighted by Crippen LogP contribution is 2.27. The molecule has 5 nitrogen and oxygen atoms in total. The molecule has 2 atom stereocenters. The smallest absolute Gasteiger partial charge is 0.252 e. The Morgan fingerprint density at radius 1 is 1.20 bits per heavy atom. The fourth-order valence-electron chi connectivity index (χ4n) is 4.08. The van der Waals surface area contributed by atoms with Crippen molar-refractivity contribution in [1.82, 2.24) is 15.5 Å². The number of halogens is 2. The Labute approximate surface area is 165 Å². The van der Waals surface area contributed by atoms with Gasteiger partial charge in [-0.1, -0.05) is 13.8 Å². The average molecular weight is 398 g/mol. The summed E-state index contributed by atoms with van der Waals surface area (Å²) in [5, 5.41) is 6.47. The number of carbonyl (C=O) groups is 1. The van der Waals surface area contributed by atoms with Crippen LogP contribution >= 0.6 is 24.8 Å². The highest BCUT2D eigenvalue weighted by Gasteiger charge is 2.41. The summed E-state index contributed by atoms with van der Waals surface area (Å²) in [4.78, 5) is 15.3.